The zero-order valence-corrected chi connectivity index (χ0v) is 17.7. The predicted molar refractivity (Wildman–Crippen MR) is 116 cm³/mol. The highest BCUT2D eigenvalue weighted by Gasteiger charge is 2.23. The number of nitrogens with one attached hydrogen (secondary N) is 2. The van der Waals surface area contributed by atoms with Gasteiger partial charge in [0, 0.05) is 63.9 Å². The van der Waals surface area contributed by atoms with Crippen molar-refractivity contribution in [2.45, 2.75) is 13.0 Å². The Morgan fingerprint density at radius 3 is 2.67 bits per heavy atom. The van der Waals surface area contributed by atoms with Crippen molar-refractivity contribution < 1.29 is 8.78 Å². The van der Waals surface area contributed by atoms with E-state index in [2.05, 4.69) is 25.1 Å². The second kappa shape index (κ2) is 10.5. The van der Waals surface area contributed by atoms with E-state index in [1.807, 2.05) is 24.5 Å². The maximum Gasteiger partial charge on any atom is 0.191 e. The summed E-state index contributed by atoms with van der Waals surface area (Å²) in [4.78, 5) is 6.34. The number of nitrogens with zero attached hydrogens (tertiary/aromatic N) is 3. The lowest BCUT2D eigenvalue weighted by Gasteiger charge is -2.19. The van der Waals surface area contributed by atoms with Crippen LogP contribution in [0.1, 0.15) is 6.42 Å². The van der Waals surface area contributed by atoms with E-state index in [9.17, 15) is 8.78 Å². The van der Waals surface area contributed by atoms with Crippen LogP contribution >= 0.6 is 24.0 Å². The summed E-state index contributed by atoms with van der Waals surface area (Å²) < 4.78 is 28.6. The third kappa shape index (κ3) is 6.08. The molecule has 2 heterocycles. The van der Waals surface area contributed by atoms with Gasteiger partial charge in [-0.05, 0) is 36.6 Å². The molecule has 1 atom stereocenters. The Hall–Kier alpha value is -1.84. The van der Waals surface area contributed by atoms with Gasteiger partial charge in [-0.3, -0.25) is 4.99 Å². The van der Waals surface area contributed by atoms with Crippen LogP contribution in [0.2, 0.25) is 0 Å². The van der Waals surface area contributed by atoms with Crippen LogP contribution in [0.3, 0.4) is 0 Å². The first-order valence-electron chi connectivity index (χ1n) is 8.91. The molecule has 0 aliphatic carbocycles. The Morgan fingerprint density at radius 1 is 1.19 bits per heavy atom. The van der Waals surface area contributed by atoms with Gasteiger partial charge in [0.2, 0.25) is 0 Å². The first-order chi connectivity index (χ1) is 12.7. The maximum atomic E-state index is 13.4. The van der Waals surface area contributed by atoms with Crippen molar-refractivity contribution in [1.82, 2.24) is 15.2 Å². The van der Waals surface area contributed by atoms with E-state index in [1.54, 1.807) is 13.1 Å². The van der Waals surface area contributed by atoms with Crippen molar-refractivity contribution in [3.05, 3.63) is 54.4 Å². The molecule has 27 heavy (non-hydrogen) atoms. The van der Waals surface area contributed by atoms with Crippen LogP contribution in [0, 0.1) is 17.6 Å². The van der Waals surface area contributed by atoms with E-state index in [0.717, 1.165) is 50.8 Å². The SMILES string of the molecule is CN=C(NCCn1cccc1)NCC1CCN(c2ccc(F)c(F)c2)C1.I. The first kappa shape index (κ1) is 21.5. The molecule has 148 valence electrons. The summed E-state index contributed by atoms with van der Waals surface area (Å²) in [5, 5.41) is 6.65. The van der Waals surface area contributed by atoms with Gasteiger partial charge in [0.05, 0.1) is 0 Å². The van der Waals surface area contributed by atoms with Gasteiger partial charge in [0.15, 0.2) is 17.6 Å². The summed E-state index contributed by atoms with van der Waals surface area (Å²) >= 11 is 0. The van der Waals surface area contributed by atoms with Crippen LogP contribution in [0.25, 0.3) is 0 Å². The number of rotatable bonds is 6. The number of anilines is 1. The molecular formula is C19H26F2IN5. The van der Waals surface area contributed by atoms with Crippen molar-refractivity contribution in [2.75, 3.05) is 38.1 Å². The molecule has 0 saturated carbocycles. The van der Waals surface area contributed by atoms with E-state index in [4.69, 9.17) is 0 Å². The standard InChI is InChI=1S/C19H25F2N5.HI/c1-22-19(23-7-11-25-8-2-3-9-25)24-13-15-6-10-26(14-15)16-4-5-17(20)18(21)12-16;/h2-5,8-9,12,15H,6-7,10-11,13-14H2,1H3,(H2,22,23,24);1H. The third-order valence-electron chi connectivity index (χ3n) is 4.66. The molecule has 2 N–H and O–H groups in total. The average Bonchev–Trinajstić information content (AvgIpc) is 3.32. The van der Waals surface area contributed by atoms with Gasteiger partial charge in [-0.25, -0.2) is 8.78 Å². The summed E-state index contributed by atoms with van der Waals surface area (Å²) in [5.74, 6) is -0.383. The number of aromatic nitrogens is 1. The molecule has 0 radical (unpaired) electrons. The van der Waals surface area contributed by atoms with Gasteiger partial charge in [0.25, 0.3) is 0 Å². The fourth-order valence-corrected chi connectivity index (χ4v) is 3.20. The van der Waals surface area contributed by atoms with Crippen LogP contribution in [-0.2, 0) is 6.54 Å². The maximum absolute atomic E-state index is 13.4. The van der Waals surface area contributed by atoms with Crippen molar-refractivity contribution in [2.24, 2.45) is 10.9 Å². The van der Waals surface area contributed by atoms with E-state index in [1.165, 1.54) is 12.1 Å². The lowest BCUT2D eigenvalue weighted by Crippen LogP contribution is -2.41. The van der Waals surface area contributed by atoms with Gasteiger partial charge in [0.1, 0.15) is 0 Å². The van der Waals surface area contributed by atoms with E-state index in [-0.39, 0.29) is 24.0 Å². The number of hydrogen-bond acceptors (Lipinski definition) is 2. The Labute approximate surface area is 175 Å². The quantitative estimate of drug-likeness (QED) is 0.373. The van der Waals surface area contributed by atoms with Crippen molar-refractivity contribution in [3.8, 4) is 0 Å². The normalized spacial score (nSPS) is 16.9. The highest BCUT2D eigenvalue weighted by atomic mass is 127. The van der Waals surface area contributed by atoms with Gasteiger partial charge >= 0.3 is 0 Å². The highest BCUT2D eigenvalue weighted by molar-refractivity contribution is 14.0. The Kier molecular flexibility index (Phi) is 8.33. The minimum atomic E-state index is -0.805. The summed E-state index contributed by atoms with van der Waals surface area (Å²) in [6.07, 6.45) is 5.07. The largest absolute Gasteiger partial charge is 0.371 e. The number of guanidine groups is 1. The second-order valence-electron chi connectivity index (χ2n) is 6.50. The van der Waals surface area contributed by atoms with Crippen LogP contribution in [0.15, 0.2) is 47.7 Å². The fourth-order valence-electron chi connectivity index (χ4n) is 3.20. The fraction of sp³-hybridized carbons (Fsp3) is 0.421. The molecule has 1 fully saturated rings. The van der Waals surface area contributed by atoms with Gasteiger partial charge in [-0.2, -0.15) is 0 Å². The first-order valence-corrected chi connectivity index (χ1v) is 8.91. The zero-order valence-electron chi connectivity index (χ0n) is 15.4. The minimum absolute atomic E-state index is 0. The topological polar surface area (TPSA) is 44.6 Å². The third-order valence-corrected chi connectivity index (χ3v) is 4.66. The molecule has 1 aliphatic heterocycles. The summed E-state index contributed by atoms with van der Waals surface area (Å²) in [6, 6.07) is 8.10. The van der Waals surface area contributed by atoms with E-state index >= 15 is 0 Å². The Bertz CT molecular complexity index is 736. The smallest absolute Gasteiger partial charge is 0.191 e. The number of benzene rings is 1. The molecule has 0 bridgehead atoms. The minimum Gasteiger partial charge on any atom is -0.371 e. The molecule has 1 aromatic carbocycles. The van der Waals surface area contributed by atoms with Gasteiger partial charge in [-0.1, -0.05) is 0 Å². The van der Waals surface area contributed by atoms with Crippen molar-refractivity contribution >= 4 is 35.6 Å². The van der Waals surface area contributed by atoms with Crippen molar-refractivity contribution in [3.63, 3.8) is 0 Å². The van der Waals surface area contributed by atoms with Crippen LogP contribution in [0.5, 0.6) is 0 Å². The second-order valence-corrected chi connectivity index (χ2v) is 6.50. The van der Waals surface area contributed by atoms with Gasteiger partial charge < -0.3 is 20.1 Å². The molecule has 3 rings (SSSR count). The van der Waals surface area contributed by atoms with E-state index in [0.29, 0.717) is 5.92 Å². The predicted octanol–water partition coefficient (Wildman–Crippen LogP) is 3.08. The van der Waals surface area contributed by atoms with Gasteiger partial charge in [-0.15, -0.1) is 24.0 Å². The van der Waals surface area contributed by atoms with Crippen molar-refractivity contribution in [1.29, 1.82) is 0 Å². The lowest BCUT2D eigenvalue weighted by molar-refractivity contribution is 0.508. The molecule has 8 heteroatoms. The zero-order chi connectivity index (χ0) is 18.4. The molecular weight excluding hydrogens is 463 g/mol. The highest BCUT2D eigenvalue weighted by Crippen LogP contribution is 2.24. The van der Waals surface area contributed by atoms with Crippen LogP contribution in [0.4, 0.5) is 14.5 Å². The lowest BCUT2D eigenvalue weighted by atomic mass is 10.1. The Morgan fingerprint density at radius 2 is 1.96 bits per heavy atom. The molecule has 5 nitrogen and oxygen atoms in total. The molecule has 1 aromatic heterocycles. The van der Waals surface area contributed by atoms with Crippen LogP contribution < -0.4 is 15.5 Å². The molecule has 2 aromatic rings. The molecule has 1 aliphatic rings. The monoisotopic (exact) mass is 489 g/mol. The number of aliphatic imine (C=N–C) groups is 1. The summed E-state index contributed by atoms with van der Waals surface area (Å²) in [5.41, 5.74) is 0.737. The average molecular weight is 489 g/mol. The molecule has 1 saturated heterocycles. The summed E-state index contributed by atoms with van der Waals surface area (Å²) in [6.45, 7) is 4.12. The molecule has 0 spiro atoms. The van der Waals surface area contributed by atoms with Crippen LogP contribution in [-0.4, -0.2) is 43.8 Å². The number of halogens is 3. The van der Waals surface area contributed by atoms with E-state index < -0.39 is 11.6 Å². The number of hydrogen-bond donors (Lipinski definition) is 2. The summed E-state index contributed by atoms with van der Waals surface area (Å²) in [7, 11) is 1.76. The molecule has 1 unspecified atom stereocenters. The Balaban J connectivity index is 0.00000261. The molecule has 0 amide bonds.